The van der Waals surface area contributed by atoms with Crippen LogP contribution in [-0.4, -0.2) is 36.2 Å². The van der Waals surface area contributed by atoms with E-state index >= 15 is 0 Å². The zero-order chi connectivity index (χ0) is 13.8. The van der Waals surface area contributed by atoms with Gasteiger partial charge in [-0.05, 0) is 6.42 Å². The first-order valence-electron chi connectivity index (χ1n) is 6.76. The Labute approximate surface area is 136 Å². The van der Waals surface area contributed by atoms with Crippen LogP contribution in [0.2, 0.25) is 0 Å². The number of benzene rings is 1. The van der Waals surface area contributed by atoms with Gasteiger partial charge in [-0.1, -0.05) is 13.3 Å². The van der Waals surface area contributed by atoms with Crippen molar-refractivity contribution in [2.75, 3.05) is 26.2 Å². The Kier molecular flexibility index (Phi) is 9.13. The van der Waals surface area contributed by atoms with Gasteiger partial charge in [0.1, 0.15) is 17.4 Å². The summed E-state index contributed by atoms with van der Waals surface area (Å²) in [6, 6.07) is 1.65. The fourth-order valence-corrected chi connectivity index (χ4v) is 2.68. The molecule has 0 saturated carbocycles. The predicted molar refractivity (Wildman–Crippen MR) is 84.6 cm³/mol. The predicted octanol–water partition coefficient (Wildman–Crippen LogP) is 3.26. The number of phenols is 1. The van der Waals surface area contributed by atoms with Gasteiger partial charge in [0.05, 0.1) is 0 Å². The zero-order valence-electron chi connectivity index (χ0n) is 11.9. The summed E-state index contributed by atoms with van der Waals surface area (Å²) in [5, 5.41) is 13.1. The van der Waals surface area contributed by atoms with Gasteiger partial charge in [-0.25, -0.2) is 8.78 Å². The van der Waals surface area contributed by atoms with Crippen molar-refractivity contribution >= 4 is 24.8 Å². The first-order valence-corrected chi connectivity index (χ1v) is 6.76. The van der Waals surface area contributed by atoms with Crippen LogP contribution in [0.3, 0.4) is 0 Å². The fraction of sp³-hybridized carbons (Fsp3) is 0.571. The van der Waals surface area contributed by atoms with Crippen LogP contribution < -0.4 is 5.32 Å². The van der Waals surface area contributed by atoms with Gasteiger partial charge in [0.25, 0.3) is 0 Å². The molecule has 2 rings (SSSR count). The van der Waals surface area contributed by atoms with Gasteiger partial charge in [0, 0.05) is 49.9 Å². The third-order valence-corrected chi connectivity index (χ3v) is 3.56. The normalized spacial score (nSPS) is 16.7. The summed E-state index contributed by atoms with van der Waals surface area (Å²) in [6.45, 7) is 5.34. The molecule has 0 bridgehead atoms. The minimum atomic E-state index is -0.741. The van der Waals surface area contributed by atoms with Crippen molar-refractivity contribution in [3.05, 3.63) is 29.3 Å². The molecule has 1 atom stereocenters. The standard InChI is InChI=1S/C14H20F2N2O.2ClH/c1-2-3-12(18-6-4-17-5-7-18)14-11(16)8-10(15)9-13(14)19;;/h8-9,12,17,19H,2-7H2,1H3;2*1H/t12-;;/m1../s1. The Balaban J connectivity index is 0.00000200. The number of aromatic hydroxyl groups is 1. The average molecular weight is 343 g/mol. The maximum Gasteiger partial charge on any atom is 0.134 e. The van der Waals surface area contributed by atoms with Crippen molar-refractivity contribution < 1.29 is 13.9 Å². The second kappa shape index (κ2) is 9.41. The van der Waals surface area contributed by atoms with E-state index < -0.39 is 11.6 Å². The largest absolute Gasteiger partial charge is 0.507 e. The average Bonchev–Trinajstić information content (AvgIpc) is 2.37. The molecule has 0 spiro atoms. The second-order valence-corrected chi connectivity index (χ2v) is 4.91. The third kappa shape index (κ3) is 4.95. The maximum absolute atomic E-state index is 14.0. The lowest BCUT2D eigenvalue weighted by molar-refractivity contribution is 0.158. The van der Waals surface area contributed by atoms with E-state index in [1.165, 1.54) is 0 Å². The quantitative estimate of drug-likeness (QED) is 0.881. The van der Waals surface area contributed by atoms with E-state index in [4.69, 9.17) is 0 Å². The highest BCUT2D eigenvalue weighted by molar-refractivity contribution is 5.85. The molecule has 0 unspecified atom stereocenters. The third-order valence-electron chi connectivity index (χ3n) is 3.56. The highest BCUT2D eigenvalue weighted by Crippen LogP contribution is 2.35. The van der Waals surface area contributed by atoms with Crippen LogP contribution in [0, 0.1) is 11.6 Å². The lowest BCUT2D eigenvalue weighted by atomic mass is 9.98. The summed E-state index contributed by atoms with van der Waals surface area (Å²) >= 11 is 0. The Morgan fingerprint density at radius 1 is 1.24 bits per heavy atom. The molecule has 0 amide bonds. The van der Waals surface area contributed by atoms with E-state index in [9.17, 15) is 13.9 Å². The van der Waals surface area contributed by atoms with Crippen LogP contribution in [0.25, 0.3) is 0 Å². The number of halogens is 4. The van der Waals surface area contributed by atoms with Crippen molar-refractivity contribution in [2.24, 2.45) is 0 Å². The number of piperazine rings is 1. The number of phenolic OH excluding ortho intramolecular Hbond substituents is 1. The fourth-order valence-electron chi connectivity index (χ4n) is 2.68. The summed E-state index contributed by atoms with van der Waals surface area (Å²) in [7, 11) is 0. The van der Waals surface area contributed by atoms with E-state index in [1.54, 1.807) is 0 Å². The molecule has 1 aromatic carbocycles. The van der Waals surface area contributed by atoms with Gasteiger partial charge in [-0.2, -0.15) is 0 Å². The minimum Gasteiger partial charge on any atom is -0.507 e. The Morgan fingerprint density at radius 2 is 1.86 bits per heavy atom. The summed E-state index contributed by atoms with van der Waals surface area (Å²) in [6.07, 6.45) is 1.63. The summed E-state index contributed by atoms with van der Waals surface area (Å²) < 4.78 is 27.1. The molecule has 3 nitrogen and oxygen atoms in total. The van der Waals surface area contributed by atoms with Crippen molar-refractivity contribution in [3.8, 4) is 5.75 Å². The van der Waals surface area contributed by atoms with Gasteiger partial charge in [0.15, 0.2) is 0 Å². The molecule has 1 aromatic rings. The summed E-state index contributed by atoms with van der Waals surface area (Å²) in [5.74, 6) is -1.68. The minimum absolute atomic E-state index is 0. The smallest absolute Gasteiger partial charge is 0.134 e. The van der Waals surface area contributed by atoms with Gasteiger partial charge in [0.2, 0.25) is 0 Å². The molecule has 0 aliphatic carbocycles. The van der Waals surface area contributed by atoms with Crippen LogP contribution in [0.4, 0.5) is 8.78 Å². The first-order chi connectivity index (χ1) is 9.13. The molecule has 1 aliphatic rings. The van der Waals surface area contributed by atoms with Crippen LogP contribution in [0.15, 0.2) is 12.1 Å². The molecule has 21 heavy (non-hydrogen) atoms. The van der Waals surface area contributed by atoms with Crippen LogP contribution in [-0.2, 0) is 0 Å². The summed E-state index contributed by atoms with van der Waals surface area (Å²) in [4.78, 5) is 2.15. The highest BCUT2D eigenvalue weighted by atomic mass is 35.5. The maximum atomic E-state index is 14.0. The first kappa shape index (κ1) is 20.4. The van der Waals surface area contributed by atoms with Crippen molar-refractivity contribution in [3.63, 3.8) is 0 Å². The molecule has 122 valence electrons. The van der Waals surface area contributed by atoms with E-state index in [-0.39, 0.29) is 42.2 Å². The highest BCUT2D eigenvalue weighted by Gasteiger charge is 2.27. The topological polar surface area (TPSA) is 35.5 Å². The second-order valence-electron chi connectivity index (χ2n) is 4.91. The molecule has 2 N–H and O–H groups in total. The number of hydrogen-bond acceptors (Lipinski definition) is 3. The zero-order valence-corrected chi connectivity index (χ0v) is 13.6. The van der Waals surface area contributed by atoms with E-state index in [0.29, 0.717) is 0 Å². The molecule has 1 heterocycles. The number of hydrogen-bond donors (Lipinski definition) is 2. The van der Waals surface area contributed by atoms with Crippen LogP contribution in [0.1, 0.15) is 31.4 Å². The van der Waals surface area contributed by atoms with Crippen molar-refractivity contribution in [2.45, 2.75) is 25.8 Å². The Morgan fingerprint density at radius 3 is 2.38 bits per heavy atom. The summed E-state index contributed by atoms with van der Waals surface area (Å²) in [5.41, 5.74) is 0.227. The molecule has 0 radical (unpaired) electrons. The van der Waals surface area contributed by atoms with Gasteiger partial charge >= 0.3 is 0 Å². The number of nitrogens with one attached hydrogen (secondary N) is 1. The van der Waals surface area contributed by atoms with Crippen molar-refractivity contribution in [1.29, 1.82) is 0 Å². The van der Waals surface area contributed by atoms with Gasteiger partial charge in [-0.15, -0.1) is 24.8 Å². The molecule has 1 fully saturated rings. The van der Waals surface area contributed by atoms with Gasteiger partial charge in [-0.3, -0.25) is 4.90 Å². The Bertz CT molecular complexity index is 420. The van der Waals surface area contributed by atoms with E-state index in [0.717, 1.165) is 51.2 Å². The molecule has 1 saturated heterocycles. The molecule has 1 aliphatic heterocycles. The van der Waals surface area contributed by atoms with Crippen molar-refractivity contribution in [1.82, 2.24) is 10.2 Å². The molecule has 0 aromatic heterocycles. The molecular weight excluding hydrogens is 321 g/mol. The van der Waals surface area contributed by atoms with E-state index in [2.05, 4.69) is 10.2 Å². The number of nitrogens with zero attached hydrogens (tertiary/aromatic N) is 1. The lowest BCUT2D eigenvalue weighted by Crippen LogP contribution is -2.45. The molecular formula is C14H22Cl2F2N2O. The lowest BCUT2D eigenvalue weighted by Gasteiger charge is -2.35. The number of rotatable bonds is 4. The van der Waals surface area contributed by atoms with E-state index in [1.807, 2.05) is 6.92 Å². The van der Waals surface area contributed by atoms with Gasteiger partial charge < -0.3 is 10.4 Å². The Hall–Kier alpha value is -0.620. The SMILES string of the molecule is CCC[C@H](c1c(O)cc(F)cc1F)N1CCNCC1.Cl.Cl. The monoisotopic (exact) mass is 342 g/mol. The van der Waals surface area contributed by atoms with Crippen LogP contribution >= 0.6 is 24.8 Å². The molecule has 7 heteroatoms. The van der Waals surface area contributed by atoms with Crippen LogP contribution in [0.5, 0.6) is 5.75 Å².